The van der Waals surface area contributed by atoms with Crippen molar-refractivity contribution in [3.05, 3.63) is 219 Å². The van der Waals surface area contributed by atoms with Crippen LogP contribution in [0.1, 0.15) is 49.8 Å². The minimum absolute atomic E-state index is 0.0439. The largest absolute Gasteiger partial charge is 0.496 e. The fourth-order valence-electron chi connectivity index (χ4n) is 12.5. The number of nitrogens with zero attached hydrogens (tertiary/aromatic N) is 13. The highest BCUT2D eigenvalue weighted by molar-refractivity contribution is 5.95. The minimum atomic E-state index is -0.512. The molecule has 12 aromatic rings. The van der Waals surface area contributed by atoms with Gasteiger partial charge in [0.05, 0.1) is 122 Å². The monoisotopic (exact) mass is 1340 g/mol. The number of rotatable bonds is 16. The van der Waals surface area contributed by atoms with Crippen LogP contribution in [0.3, 0.4) is 0 Å². The van der Waals surface area contributed by atoms with Crippen molar-refractivity contribution in [2.75, 3.05) is 77.2 Å². The minimum Gasteiger partial charge on any atom is -0.496 e. The first-order chi connectivity index (χ1) is 48.3. The molecule has 24 heteroatoms. The SMILES string of the molecule is COc1cccc(-c2ccc3c(=O)n(-c4ccc(NC(=O)C5CCCN5)cn4)ncc3c2)c1C.COc1cccc(-c2ccc3c(=O)n(-c4ncc(N5CCC(N(C)C)C5)cn4)ncc3c2)c1C.COc1cccc(-c2ccc3c(=O)n(-c4ncc(NC(C)(C)CO)cn4)ncc3c2)c1C. The van der Waals surface area contributed by atoms with Crippen molar-refractivity contribution in [2.24, 2.45) is 0 Å². The van der Waals surface area contributed by atoms with Crippen LogP contribution in [0.4, 0.5) is 17.1 Å². The van der Waals surface area contributed by atoms with Crippen LogP contribution in [-0.2, 0) is 4.79 Å². The maximum Gasteiger partial charge on any atom is 0.282 e. The maximum absolute atomic E-state index is 13.2. The predicted molar refractivity (Wildman–Crippen MR) is 390 cm³/mol. The molecular weight excluding hydrogens is 1260 g/mol. The molecule has 4 N–H and O–H groups in total. The number of nitrogens with one attached hydrogen (secondary N) is 3. The number of carbonyl (C=O) groups excluding carboxylic acids is 1. The van der Waals surface area contributed by atoms with Crippen molar-refractivity contribution in [3.8, 4) is 68.3 Å². The van der Waals surface area contributed by atoms with Gasteiger partial charge in [-0.25, -0.2) is 24.9 Å². The first-order valence-corrected chi connectivity index (χ1v) is 32.8. The Kier molecular flexibility index (Phi) is 20.2. The number of benzene rings is 6. The number of anilines is 3. The van der Waals surface area contributed by atoms with Gasteiger partial charge >= 0.3 is 0 Å². The third kappa shape index (κ3) is 14.5. The van der Waals surface area contributed by atoms with Gasteiger partial charge in [-0.1, -0.05) is 54.6 Å². The van der Waals surface area contributed by atoms with E-state index in [0.29, 0.717) is 39.4 Å². The van der Waals surface area contributed by atoms with Gasteiger partial charge in [0.15, 0.2) is 5.82 Å². The summed E-state index contributed by atoms with van der Waals surface area (Å²) in [6.07, 6.45) is 16.1. The van der Waals surface area contributed by atoms with E-state index in [4.69, 9.17) is 14.2 Å². The Morgan fingerprint density at radius 1 is 0.570 bits per heavy atom. The number of hydrogen-bond donors (Lipinski definition) is 4. The smallest absolute Gasteiger partial charge is 0.282 e. The van der Waals surface area contributed by atoms with Crippen molar-refractivity contribution in [1.29, 1.82) is 0 Å². The summed E-state index contributed by atoms with van der Waals surface area (Å²) in [7, 11) is 9.18. The standard InChI is InChI=1S/C26H28N6O2.C26H25N5O3.C24H25N5O3/c1-17-22(6-5-7-24(17)34-4)18-8-9-23-19(12-18)13-29-32(25(23)33)26-27-14-21(15-28-26)31-11-10-20(16-31)30(2)3;1-16-20(5-3-7-23(16)34-2)17-8-10-21-18(13-17)14-29-31(26(21)33)24-11-9-19(15-28-24)30-25(32)22-6-4-12-27-22;1-15-19(6-5-7-21(15)32-4)16-8-9-20-17(10-16)11-27-29(22(20)31)23-25-12-18(13-26-23)28-24(2,3)14-30/h5-9,12-15,20H,10-11,16H2,1-4H3;3,5,7-11,13-15,22,27H,4,6,12H2,1-2H3,(H,30,32);5-13,28,30H,14H2,1-4H3. The summed E-state index contributed by atoms with van der Waals surface area (Å²) in [6.45, 7) is 12.5. The normalized spacial score (nSPS) is 14.3. The van der Waals surface area contributed by atoms with E-state index in [1.54, 1.807) is 82.9 Å². The van der Waals surface area contributed by atoms with E-state index in [1.807, 2.05) is 138 Å². The zero-order valence-corrected chi connectivity index (χ0v) is 57.4. The Morgan fingerprint density at radius 2 is 1.02 bits per heavy atom. The molecule has 0 spiro atoms. The van der Waals surface area contributed by atoms with E-state index in [1.165, 1.54) is 20.2 Å². The molecule has 2 aliphatic rings. The van der Waals surface area contributed by atoms with Gasteiger partial charge < -0.3 is 45.1 Å². The van der Waals surface area contributed by atoms with Crippen LogP contribution in [0, 0.1) is 20.8 Å². The highest BCUT2D eigenvalue weighted by Crippen LogP contribution is 2.35. The molecule has 6 aromatic heterocycles. The van der Waals surface area contributed by atoms with Crippen molar-refractivity contribution in [2.45, 2.75) is 71.5 Å². The summed E-state index contributed by atoms with van der Waals surface area (Å²) in [5.41, 5.74) is 10.1. The van der Waals surface area contributed by atoms with Gasteiger partial charge in [-0.05, 0) is 191 Å². The number of amides is 1. The van der Waals surface area contributed by atoms with E-state index in [9.17, 15) is 24.3 Å². The molecule has 2 atom stereocenters. The van der Waals surface area contributed by atoms with Crippen LogP contribution in [0.15, 0.2) is 185 Å². The van der Waals surface area contributed by atoms with Crippen molar-refractivity contribution >= 4 is 55.3 Å². The number of likely N-dealkylation sites (N-methyl/N-ethyl adjacent to an activating group) is 1. The average Bonchev–Trinajstić information content (AvgIpc) is 1.04. The summed E-state index contributed by atoms with van der Waals surface area (Å²) in [5, 5.41) is 35.4. The second kappa shape index (κ2) is 29.6. The predicted octanol–water partition coefficient (Wildman–Crippen LogP) is 10.1. The van der Waals surface area contributed by atoms with Crippen LogP contribution >= 0.6 is 0 Å². The van der Waals surface area contributed by atoms with Gasteiger partial charge in [-0.15, -0.1) is 0 Å². The quantitative estimate of drug-likeness (QED) is 0.0700. The first-order valence-electron chi connectivity index (χ1n) is 32.8. The lowest BCUT2D eigenvalue weighted by Crippen LogP contribution is -2.35. The number of aliphatic hydroxyl groups excluding tert-OH is 1. The summed E-state index contributed by atoms with van der Waals surface area (Å²) in [6, 6.07) is 38.6. The lowest BCUT2D eigenvalue weighted by atomic mass is 9.98. The van der Waals surface area contributed by atoms with Gasteiger partial charge in [0.1, 0.15) is 17.2 Å². The summed E-state index contributed by atoms with van der Waals surface area (Å²) in [4.78, 5) is 77.9. The fraction of sp³-hybridized carbons (Fsp3) is 0.263. The van der Waals surface area contributed by atoms with Crippen LogP contribution in [-0.4, -0.2) is 149 Å². The number of methoxy groups -OCH3 is 3. The number of hydrogen-bond acceptors (Lipinski definition) is 20. The Bertz CT molecular complexity index is 5170. The molecule has 0 aliphatic carbocycles. The van der Waals surface area contributed by atoms with Crippen molar-refractivity contribution in [3.63, 3.8) is 0 Å². The molecule has 2 aliphatic heterocycles. The molecule has 24 nitrogen and oxygen atoms in total. The lowest BCUT2D eigenvalue weighted by molar-refractivity contribution is -0.117. The summed E-state index contributed by atoms with van der Waals surface area (Å²) < 4.78 is 20.0. The van der Waals surface area contributed by atoms with Crippen LogP contribution < -0.4 is 51.7 Å². The number of carbonyl (C=O) groups is 1. The number of aliphatic hydroxyl groups is 1. The van der Waals surface area contributed by atoms with Crippen molar-refractivity contribution < 1.29 is 24.1 Å². The second-order valence-electron chi connectivity index (χ2n) is 25.5. The maximum atomic E-state index is 13.2. The Labute approximate surface area is 576 Å². The molecule has 2 fully saturated rings. The van der Waals surface area contributed by atoms with E-state index in [0.717, 1.165) is 128 Å². The van der Waals surface area contributed by atoms with Crippen LogP contribution in [0.5, 0.6) is 17.2 Å². The molecule has 2 unspecified atom stereocenters. The zero-order valence-electron chi connectivity index (χ0n) is 57.4. The molecule has 14 rings (SSSR count). The molecule has 6 aromatic carbocycles. The molecular formula is C76H78N16O8. The molecule has 0 saturated carbocycles. The van der Waals surface area contributed by atoms with Crippen molar-refractivity contribution in [1.82, 2.24) is 64.5 Å². The van der Waals surface area contributed by atoms with Gasteiger partial charge in [0, 0.05) is 35.3 Å². The third-order valence-corrected chi connectivity index (χ3v) is 18.2. The molecule has 8 heterocycles. The lowest BCUT2D eigenvalue weighted by Gasteiger charge is -2.24. The molecule has 0 bridgehead atoms. The summed E-state index contributed by atoms with van der Waals surface area (Å²) in [5.74, 6) is 3.22. The van der Waals surface area contributed by atoms with Crippen LogP contribution in [0.25, 0.3) is 83.4 Å². The molecule has 100 heavy (non-hydrogen) atoms. The highest BCUT2D eigenvalue weighted by atomic mass is 16.5. The number of pyridine rings is 1. The molecule has 1 amide bonds. The van der Waals surface area contributed by atoms with E-state index < -0.39 is 5.54 Å². The average molecular weight is 1340 g/mol. The molecule has 2 saturated heterocycles. The van der Waals surface area contributed by atoms with E-state index in [-0.39, 0.29) is 47.1 Å². The van der Waals surface area contributed by atoms with Gasteiger partial charge in [0.2, 0.25) is 5.91 Å². The second-order valence-corrected chi connectivity index (χ2v) is 25.5. The third-order valence-electron chi connectivity index (χ3n) is 18.2. The number of ether oxygens (including phenoxy) is 3. The molecule has 510 valence electrons. The fourth-order valence-corrected chi connectivity index (χ4v) is 12.5. The van der Waals surface area contributed by atoms with Gasteiger partial charge in [-0.2, -0.15) is 29.3 Å². The van der Waals surface area contributed by atoms with Crippen LogP contribution in [0.2, 0.25) is 0 Å². The number of aromatic nitrogens is 11. The highest BCUT2D eigenvalue weighted by Gasteiger charge is 2.26. The Hall–Kier alpha value is -11.6. The zero-order chi connectivity index (χ0) is 70.4. The Balaban J connectivity index is 0.000000142. The van der Waals surface area contributed by atoms with Gasteiger partial charge in [0.25, 0.3) is 28.6 Å². The van der Waals surface area contributed by atoms with Gasteiger partial charge in [-0.3, -0.25) is 19.2 Å². The number of fused-ring (bicyclic) bond motifs is 3. The summed E-state index contributed by atoms with van der Waals surface area (Å²) >= 11 is 0. The topological polar surface area (TPSA) is 277 Å². The Morgan fingerprint density at radius 3 is 1.43 bits per heavy atom. The first kappa shape index (κ1) is 68.3. The molecule has 0 radical (unpaired) electrons. The van der Waals surface area contributed by atoms with E-state index >= 15 is 0 Å². The van der Waals surface area contributed by atoms with E-state index in [2.05, 4.69) is 80.1 Å².